The molecule has 0 aliphatic rings. The van der Waals surface area contributed by atoms with Crippen LogP contribution in [-0.4, -0.2) is 15.4 Å². The molecule has 0 unspecified atom stereocenters. The normalized spacial score (nSPS) is 13.1. The first kappa shape index (κ1) is 21.4. The van der Waals surface area contributed by atoms with Gasteiger partial charge in [-0.15, -0.1) is 10.2 Å². The summed E-state index contributed by atoms with van der Waals surface area (Å²) >= 11 is 38.4. The van der Waals surface area contributed by atoms with Gasteiger partial charge < -0.3 is 0 Å². The Labute approximate surface area is 191 Å². The molecule has 1 aromatic heterocycles. The van der Waals surface area contributed by atoms with E-state index in [-0.39, 0.29) is 25.8 Å². The first-order valence-corrected chi connectivity index (χ1v) is 9.98. The zero-order chi connectivity index (χ0) is 20.3. The van der Waals surface area contributed by atoms with Gasteiger partial charge in [0.15, 0.2) is 0 Å². The lowest BCUT2D eigenvalue weighted by atomic mass is 10.1. The number of nitrogens with zero attached hydrogens (tertiary/aromatic N) is 3. The van der Waals surface area contributed by atoms with Crippen molar-refractivity contribution < 1.29 is 0 Å². The van der Waals surface area contributed by atoms with E-state index in [0.29, 0.717) is 26.7 Å². The monoisotopic (exact) mass is 489 g/mol. The lowest BCUT2D eigenvalue weighted by Crippen LogP contribution is -1.99. The molecule has 3 rings (SSSR count). The molecule has 9 heteroatoms. The third-order valence-corrected chi connectivity index (χ3v) is 6.09. The van der Waals surface area contributed by atoms with Crippen LogP contribution >= 0.6 is 69.6 Å². The number of rotatable bonds is 4. The van der Waals surface area contributed by atoms with Gasteiger partial charge in [0.25, 0.3) is 0 Å². The highest BCUT2D eigenvalue weighted by molar-refractivity contribution is 6.68. The Hall–Kier alpha value is -1.33. The summed E-state index contributed by atoms with van der Waals surface area (Å²) in [5.41, 5.74) is 1.64. The largest absolute Gasteiger partial charge is 0.138 e. The van der Waals surface area contributed by atoms with Gasteiger partial charge in [-0.25, -0.2) is 0 Å². The Morgan fingerprint density at radius 1 is 0.607 bits per heavy atom. The minimum absolute atomic E-state index is 0.0986. The predicted molar refractivity (Wildman–Crippen MR) is 120 cm³/mol. The number of halogens is 6. The second-order valence-electron chi connectivity index (χ2n) is 5.41. The molecule has 0 aliphatic carbocycles. The first-order chi connectivity index (χ1) is 13.4. The van der Waals surface area contributed by atoms with E-state index in [0.717, 1.165) is 0 Å². The molecule has 0 spiro atoms. The molecule has 0 aliphatic heterocycles. The topological polar surface area (TPSA) is 38.7 Å². The van der Waals surface area contributed by atoms with Crippen LogP contribution in [0.15, 0.2) is 54.7 Å². The van der Waals surface area contributed by atoms with Crippen molar-refractivity contribution in [2.45, 2.75) is 0 Å². The highest BCUT2D eigenvalue weighted by Gasteiger charge is 2.20. The van der Waals surface area contributed by atoms with Crippen LogP contribution in [0.2, 0.25) is 10.0 Å². The Bertz CT molecular complexity index is 1010. The van der Waals surface area contributed by atoms with Crippen LogP contribution < -0.4 is 0 Å². The Balaban J connectivity index is 2.17. The Kier molecular flexibility index (Phi) is 7.21. The van der Waals surface area contributed by atoms with Crippen LogP contribution in [0, 0.1) is 0 Å². The Morgan fingerprint density at radius 2 is 1.07 bits per heavy atom. The maximum absolute atomic E-state index is 6.53. The molecular formula is C19H9Cl6N3. The maximum Gasteiger partial charge on any atom is 0.118 e. The lowest BCUT2D eigenvalue weighted by Gasteiger charge is -2.11. The van der Waals surface area contributed by atoms with Crippen molar-refractivity contribution in [1.82, 2.24) is 15.4 Å². The lowest BCUT2D eigenvalue weighted by molar-refractivity contribution is 0.853. The number of hydrogen-bond donors (Lipinski definition) is 0. The second kappa shape index (κ2) is 9.45. The zero-order valence-electron chi connectivity index (χ0n) is 13.8. The van der Waals surface area contributed by atoms with Gasteiger partial charge in [0, 0.05) is 26.7 Å². The van der Waals surface area contributed by atoms with E-state index in [2.05, 4.69) is 15.4 Å². The molecule has 0 saturated heterocycles. The van der Waals surface area contributed by atoms with Crippen LogP contribution in [0.3, 0.4) is 0 Å². The van der Waals surface area contributed by atoms with E-state index in [1.165, 1.54) is 6.20 Å². The van der Waals surface area contributed by atoms with Crippen LogP contribution in [-0.2, 0) is 0 Å². The van der Waals surface area contributed by atoms with Crippen LogP contribution in [0.25, 0.3) is 20.1 Å². The van der Waals surface area contributed by atoms with Gasteiger partial charge in [-0.05, 0) is 17.3 Å². The number of benzene rings is 2. The summed E-state index contributed by atoms with van der Waals surface area (Å²) in [4.78, 5) is 0. The summed E-state index contributed by atoms with van der Waals surface area (Å²) in [6, 6.07) is 14.0. The zero-order valence-corrected chi connectivity index (χ0v) is 18.3. The molecule has 0 radical (unpaired) electrons. The standard InChI is InChI=1S/C19H9Cl6N3/c20-13-7-3-1-5-10(13)15(22)17(24)12-9-26-28-27-19(12)18(25)16(23)11-6-2-4-8-14(11)21/h1-9H. The Morgan fingerprint density at radius 3 is 1.61 bits per heavy atom. The smallest absolute Gasteiger partial charge is 0.118 e. The highest BCUT2D eigenvalue weighted by Crippen LogP contribution is 2.41. The maximum atomic E-state index is 6.53. The fraction of sp³-hybridized carbons (Fsp3) is 0. The van der Waals surface area contributed by atoms with Crippen molar-refractivity contribution in [3.63, 3.8) is 0 Å². The molecule has 0 saturated carbocycles. The minimum atomic E-state index is 0.0986. The van der Waals surface area contributed by atoms with E-state index >= 15 is 0 Å². The molecular weight excluding hydrogens is 483 g/mol. The van der Waals surface area contributed by atoms with Crippen molar-refractivity contribution in [3.05, 3.63) is 87.2 Å². The van der Waals surface area contributed by atoms with E-state index in [9.17, 15) is 0 Å². The van der Waals surface area contributed by atoms with Crippen molar-refractivity contribution in [1.29, 1.82) is 0 Å². The summed E-state index contributed by atoms with van der Waals surface area (Å²) in [6.45, 7) is 0. The number of aromatic nitrogens is 3. The van der Waals surface area contributed by atoms with Crippen LogP contribution in [0.5, 0.6) is 0 Å². The summed E-state index contributed by atoms with van der Waals surface area (Å²) in [7, 11) is 0. The minimum Gasteiger partial charge on any atom is -0.138 e. The van der Waals surface area contributed by atoms with Crippen molar-refractivity contribution >= 4 is 89.7 Å². The average Bonchev–Trinajstić information content (AvgIpc) is 2.72. The molecule has 0 N–H and O–H groups in total. The molecule has 2 aromatic carbocycles. The summed E-state index contributed by atoms with van der Waals surface area (Å²) in [5.74, 6) is 0. The average molecular weight is 492 g/mol. The van der Waals surface area contributed by atoms with E-state index in [4.69, 9.17) is 69.6 Å². The molecule has 142 valence electrons. The van der Waals surface area contributed by atoms with E-state index in [1.54, 1.807) is 48.5 Å². The summed E-state index contributed by atoms with van der Waals surface area (Å²) in [5, 5.41) is 12.9. The SMILES string of the molecule is ClC(=C(Cl)c1cnnnc1C(Cl)=C(Cl)c1ccccc1Cl)c1ccccc1Cl. The van der Waals surface area contributed by atoms with E-state index < -0.39 is 0 Å². The molecule has 0 amide bonds. The van der Waals surface area contributed by atoms with E-state index in [1.807, 2.05) is 0 Å². The van der Waals surface area contributed by atoms with Gasteiger partial charge in [-0.3, -0.25) is 0 Å². The third kappa shape index (κ3) is 4.46. The van der Waals surface area contributed by atoms with Crippen molar-refractivity contribution in [2.24, 2.45) is 0 Å². The first-order valence-electron chi connectivity index (χ1n) is 7.71. The number of hydrogen-bond acceptors (Lipinski definition) is 3. The van der Waals surface area contributed by atoms with Gasteiger partial charge in [0.05, 0.1) is 26.3 Å². The molecule has 1 heterocycles. The molecule has 0 fully saturated rings. The van der Waals surface area contributed by atoms with Crippen molar-refractivity contribution in [3.8, 4) is 0 Å². The molecule has 3 aromatic rings. The molecule has 28 heavy (non-hydrogen) atoms. The van der Waals surface area contributed by atoms with Gasteiger partial charge in [0.2, 0.25) is 0 Å². The van der Waals surface area contributed by atoms with Gasteiger partial charge in [-0.1, -0.05) is 106 Å². The highest BCUT2D eigenvalue weighted by atomic mass is 35.5. The van der Waals surface area contributed by atoms with Crippen LogP contribution in [0.1, 0.15) is 22.4 Å². The van der Waals surface area contributed by atoms with Crippen molar-refractivity contribution in [2.75, 3.05) is 0 Å². The predicted octanol–water partition coefficient (Wildman–Crippen LogP) is 7.79. The second-order valence-corrected chi connectivity index (χ2v) is 7.74. The molecule has 0 atom stereocenters. The third-order valence-electron chi connectivity index (χ3n) is 3.69. The fourth-order valence-electron chi connectivity index (χ4n) is 2.33. The van der Waals surface area contributed by atoms with Gasteiger partial charge >= 0.3 is 0 Å². The van der Waals surface area contributed by atoms with Gasteiger partial charge in [-0.2, -0.15) is 0 Å². The molecule has 3 nitrogen and oxygen atoms in total. The molecule has 0 bridgehead atoms. The summed E-state index contributed by atoms with van der Waals surface area (Å²) < 4.78 is 0. The quantitative estimate of drug-likeness (QED) is 0.374. The fourth-order valence-corrected chi connectivity index (χ4v) is 3.89. The summed E-state index contributed by atoms with van der Waals surface area (Å²) in [6.07, 6.45) is 1.39. The van der Waals surface area contributed by atoms with Crippen LogP contribution in [0.4, 0.5) is 0 Å². The van der Waals surface area contributed by atoms with Gasteiger partial charge in [0.1, 0.15) is 5.69 Å².